The number of nitriles is 1. The Morgan fingerprint density at radius 2 is 2.33 bits per heavy atom. The Hall–Kier alpha value is -0.640. The molecule has 1 unspecified atom stereocenters. The minimum absolute atomic E-state index is 0.0366. The van der Waals surface area contributed by atoms with Crippen LogP contribution in [0.5, 0.6) is 0 Å². The fourth-order valence-corrected chi connectivity index (χ4v) is 2.84. The Morgan fingerprint density at radius 1 is 1.60 bits per heavy atom. The molecule has 0 aromatic rings. The van der Waals surface area contributed by atoms with E-state index in [1.165, 1.54) is 11.4 Å². The first-order valence-corrected chi connectivity index (χ1v) is 6.60. The maximum Gasteiger partial charge on any atom is 0.216 e. The highest BCUT2D eigenvalue weighted by atomic mass is 32.2. The highest BCUT2D eigenvalue weighted by Gasteiger charge is 2.26. The Morgan fingerprint density at radius 3 is 2.87 bits per heavy atom. The molecule has 15 heavy (non-hydrogen) atoms. The van der Waals surface area contributed by atoms with E-state index >= 15 is 0 Å². The Kier molecular flexibility index (Phi) is 4.51. The topological polar surface area (TPSA) is 70.4 Å². The summed E-state index contributed by atoms with van der Waals surface area (Å²) in [5, 5.41) is 8.37. The standard InChI is InChI=1S/C9H16N2O3S/c1-11(6-3-5-10)15(12,13)8-9-4-2-7-14-9/h9H,2-4,6-8H2,1H3. The van der Waals surface area contributed by atoms with Gasteiger partial charge in [-0.2, -0.15) is 5.26 Å². The van der Waals surface area contributed by atoms with Crippen LogP contribution in [0, 0.1) is 11.3 Å². The van der Waals surface area contributed by atoms with Gasteiger partial charge in [-0.05, 0) is 12.8 Å². The van der Waals surface area contributed by atoms with Gasteiger partial charge in [0.25, 0.3) is 0 Å². The van der Waals surface area contributed by atoms with Crippen molar-refractivity contribution in [3.05, 3.63) is 0 Å². The van der Waals surface area contributed by atoms with Gasteiger partial charge in [0.15, 0.2) is 0 Å². The van der Waals surface area contributed by atoms with Crippen LogP contribution in [-0.2, 0) is 14.8 Å². The van der Waals surface area contributed by atoms with Gasteiger partial charge in [-0.1, -0.05) is 0 Å². The molecule has 1 aliphatic heterocycles. The van der Waals surface area contributed by atoms with Gasteiger partial charge in [0.1, 0.15) is 0 Å². The zero-order chi connectivity index (χ0) is 11.3. The molecule has 1 aliphatic rings. The van der Waals surface area contributed by atoms with E-state index in [0.717, 1.165) is 12.8 Å². The number of ether oxygens (including phenoxy) is 1. The molecule has 0 aromatic heterocycles. The number of rotatable bonds is 5. The third-order valence-corrected chi connectivity index (χ3v) is 4.36. The van der Waals surface area contributed by atoms with Crippen LogP contribution in [0.1, 0.15) is 19.3 Å². The van der Waals surface area contributed by atoms with Gasteiger partial charge < -0.3 is 4.74 Å². The van der Waals surface area contributed by atoms with Crippen LogP contribution in [0.3, 0.4) is 0 Å². The van der Waals surface area contributed by atoms with Crippen molar-refractivity contribution in [1.29, 1.82) is 5.26 Å². The predicted molar refractivity (Wildman–Crippen MR) is 55.6 cm³/mol. The lowest BCUT2D eigenvalue weighted by atomic mass is 10.3. The van der Waals surface area contributed by atoms with E-state index in [2.05, 4.69) is 0 Å². The van der Waals surface area contributed by atoms with Gasteiger partial charge in [0, 0.05) is 26.6 Å². The number of sulfonamides is 1. The Labute approximate surface area is 90.7 Å². The molecule has 0 aromatic carbocycles. The van der Waals surface area contributed by atoms with Crippen LogP contribution in [0.15, 0.2) is 0 Å². The highest BCUT2D eigenvalue weighted by molar-refractivity contribution is 7.89. The van der Waals surface area contributed by atoms with Crippen LogP contribution in [0.25, 0.3) is 0 Å². The smallest absolute Gasteiger partial charge is 0.216 e. The molecule has 0 saturated carbocycles. The minimum atomic E-state index is -3.26. The van der Waals surface area contributed by atoms with Gasteiger partial charge in [-0.3, -0.25) is 0 Å². The second-order valence-corrected chi connectivity index (χ2v) is 5.76. The lowest BCUT2D eigenvalue weighted by Gasteiger charge is -2.18. The number of hydrogen-bond donors (Lipinski definition) is 0. The molecule has 1 rings (SSSR count). The van der Waals surface area contributed by atoms with Gasteiger partial charge in [0.05, 0.1) is 17.9 Å². The summed E-state index contributed by atoms with van der Waals surface area (Å²) in [7, 11) is -1.76. The molecule has 1 fully saturated rings. The Bertz CT molecular complexity index is 328. The maximum absolute atomic E-state index is 11.7. The molecule has 0 N–H and O–H groups in total. The third-order valence-electron chi connectivity index (χ3n) is 2.43. The van der Waals surface area contributed by atoms with Gasteiger partial charge in [-0.15, -0.1) is 0 Å². The van der Waals surface area contributed by atoms with E-state index in [4.69, 9.17) is 10.00 Å². The largest absolute Gasteiger partial charge is 0.377 e. The minimum Gasteiger partial charge on any atom is -0.377 e. The first-order valence-electron chi connectivity index (χ1n) is 4.99. The van der Waals surface area contributed by atoms with Crippen molar-refractivity contribution in [3.8, 4) is 6.07 Å². The molecule has 5 nitrogen and oxygen atoms in total. The monoisotopic (exact) mass is 232 g/mol. The van der Waals surface area contributed by atoms with Crippen molar-refractivity contribution >= 4 is 10.0 Å². The van der Waals surface area contributed by atoms with Gasteiger partial charge in [0.2, 0.25) is 10.0 Å². The molecule has 86 valence electrons. The third kappa shape index (κ3) is 3.78. The van der Waals surface area contributed by atoms with Crippen molar-refractivity contribution in [2.24, 2.45) is 0 Å². The molecule has 6 heteroatoms. The SMILES string of the molecule is CN(CCC#N)S(=O)(=O)CC1CCCO1. The van der Waals surface area contributed by atoms with E-state index in [1.54, 1.807) is 0 Å². The van der Waals surface area contributed by atoms with Crippen molar-refractivity contribution in [1.82, 2.24) is 4.31 Å². The Balaban J connectivity index is 2.46. The molecule has 1 saturated heterocycles. The maximum atomic E-state index is 11.7. The lowest BCUT2D eigenvalue weighted by Crippen LogP contribution is -2.34. The highest BCUT2D eigenvalue weighted by Crippen LogP contribution is 2.15. The fourth-order valence-electron chi connectivity index (χ4n) is 1.48. The van der Waals surface area contributed by atoms with E-state index in [0.29, 0.717) is 6.61 Å². The molecule has 0 bridgehead atoms. The average Bonchev–Trinajstić information content (AvgIpc) is 2.65. The second kappa shape index (κ2) is 5.45. The summed E-state index contributed by atoms with van der Waals surface area (Å²) in [5.74, 6) is 0.0366. The zero-order valence-corrected chi connectivity index (χ0v) is 9.66. The second-order valence-electron chi connectivity index (χ2n) is 3.64. The summed E-state index contributed by atoms with van der Waals surface area (Å²) < 4.78 is 30.0. The summed E-state index contributed by atoms with van der Waals surface area (Å²) in [6.45, 7) is 0.910. The van der Waals surface area contributed by atoms with Gasteiger partial charge >= 0.3 is 0 Å². The lowest BCUT2D eigenvalue weighted by molar-refractivity contribution is 0.126. The predicted octanol–water partition coefficient (Wildman–Crippen LogP) is 0.341. The van der Waals surface area contributed by atoms with E-state index < -0.39 is 10.0 Å². The van der Waals surface area contributed by atoms with Crippen LogP contribution in [0.4, 0.5) is 0 Å². The first kappa shape index (κ1) is 12.4. The summed E-state index contributed by atoms with van der Waals surface area (Å²) in [4.78, 5) is 0. The van der Waals surface area contributed by atoms with E-state index in [1.807, 2.05) is 6.07 Å². The summed E-state index contributed by atoms with van der Waals surface area (Å²) in [6.07, 6.45) is 1.80. The van der Waals surface area contributed by atoms with Crippen LogP contribution in [-0.4, -0.2) is 44.8 Å². The van der Waals surface area contributed by atoms with Crippen LogP contribution in [0.2, 0.25) is 0 Å². The molecular formula is C9H16N2O3S. The molecule has 0 spiro atoms. The van der Waals surface area contributed by atoms with Crippen molar-refractivity contribution < 1.29 is 13.2 Å². The molecule has 0 radical (unpaired) electrons. The number of nitrogens with zero attached hydrogens (tertiary/aromatic N) is 2. The molecule has 0 amide bonds. The molecule has 1 heterocycles. The molecule has 0 aliphatic carbocycles. The van der Waals surface area contributed by atoms with Gasteiger partial charge in [-0.25, -0.2) is 12.7 Å². The fraction of sp³-hybridized carbons (Fsp3) is 0.889. The van der Waals surface area contributed by atoms with Crippen molar-refractivity contribution in [2.45, 2.75) is 25.4 Å². The average molecular weight is 232 g/mol. The first-order chi connectivity index (χ1) is 7.06. The summed E-state index contributed by atoms with van der Waals surface area (Å²) in [6, 6.07) is 1.93. The molecule has 1 atom stereocenters. The van der Waals surface area contributed by atoms with Crippen molar-refractivity contribution in [2.75, 3.05) is 26.0 Å². The quantitative estimate of drug-likeness (QED) is 0.685. The normalized spacial score (nSPS) is 21.8. The van der Waals surface area contributed by atoms with E-state index in [9.17, 15) is 8.42 Å². The molecular weight excluding hydrogens is 216 g/mol. The number of hydrogen-bond acceptors (Lipinski definition) is 4. The summed E-state index contributed by atoms with van der Waals surface area (Å²) >= 11 is 0. The zero-order valence-electron chi connectivity index (χ0n) is 8.85. The van der Waals surface area contributed by atoms with E-state index in [-0.39, 0.29) is 24.8 Å². The van der Waals surface area contributed by atoms with Crippen LogP contribution < -0.4 is 0 Å². The van der Waals surface area contributed by atoms with Crippen molar-refractivity contribution in [3.63, 3.8) is 0 Å². The summed E-state index contributed by atoms with van der Waals surface area (Å²) in [5.41, 5.74) is 0. The van der Waals surface area contributed by atoms with Crippen LogP contribution >= 0.6 is 0 Å².